The number of benzene rings is 2. The minimum Gasteiger partial charge on any atom is -0.492 e. The molecular weight excluding hydrogens is 326 g/mol. The summed E-state index contributed by atoms with van der Waals surface area (Å²) in [5.41, 5.74) is 2.33. The van der Waals surface area contributed by atoms with Crippen molar-refractivity contribution in [2.45, 2.75) is 26.9 Å². The molecule has 0 aliphatic rings. The van der Waals surface area contributed by atoms with Crippen LogP contribution in [0.15, 0.2) is 42.5 Å². The van der Waals surface area contributed by atoms with Gasteiger partial charge in [0.1, 0.15) is 18.1 Å². The van der Waals surface area contributed by atoms with E-state index in [0.717, 1.165) is 5.56 Å². The van der Waals surface area contributed by atoms with E-state index in [1.54, 1.807) is 31.2 Å². The number of aryl methyl sites for hydroxylation is 2. The van der Waals surface area contributed by atoms with Crippen molar-refractivity contribution < 1.29 is 14.3 Å². The van der Waals surface area contributed by atoms with Crippen LogP contribution >= 0.6 is 11.6 Å². The second-order valence-electron chi connectivity index (χ2n) is 5.60. The van der Waals surface area contributed by atoms with Crippen LogP contribution in [-0.4, -0.2) is 25.2 Å². The topological polar surface area (TPSA) is 47.6 Å². The summed E-state index contributed by atoms with van der Waals surface area (Å²) >= 11 is 5.81. The molecule has 1 atom stereocenters. The molecule has 0 aliphatic carbocycles. The summed E-state index contributed by atoms with van der Waals surface area (Å²) < 4.78 is 11.2. The lowest BCUT2D eigenvalue weighted by molar-refractivity contribution is -0.127. The molecule has 1 N–H and O–H groups in total. The Morgan fingerprint density at radius 3 is 2.42 bits per heavy atom. The minimum absolute atomic E-state index is 0.173. The third kappa shape index (κ3) is 5.46. The Kier molecular flexibility index (Phi) is 6.50. The van der Waals surface area contributed by atoms with Crippen molar-refractivity contribution in [1.82, 2.24) is 5.32 Å². The van der Waals surface area contributed by atoms with Gasteiger partial charge in [-0.25, -0.2) is 0 Å². The number of halogens is 1. The molecule has 2 aromatic rings. The lowest BCUT2D eigenvalue weighted by Gasteiger charge is -2.15. The maximum Gasteiger partial charge on any atom is 0.260 e. The first-order valence-electron chi connectivity index (χ1n) is 7.85. The van der Waals surface area contributed by atoms with Crippen LogP contribution in [0.3, 0.4) is 0 Å². The Labute approximate surface area is 147 Å². The van der Waals surface area contributed by atoms with Crippen LogP contribution in [0.5, 0.6) is 11.5 Å². The number of rotatable bonds is 7. The van der Waals surface area contributed by atoms with Crippen molar-refractivity contribution in [2.24, 2.45) is 0 Å². The molecule has 0 heterocycles. The van der Waals surface area contributed by atoms with Crippen molar-refractivity contribution in [1.29, 1.82) is 0 Å². The average molecular weight is 348 g/mol. The standard InChI is InChI=1S/C19H22ClNO3/c1-13-4-7-18(12-14(13)2)24-15(3)19(22)21-10-11-23-17-8-5-16(20)6-9-17/h4-9,12,15H,10-11H2,1-3H3,(H,21,22)/t15-/m0/s1. The Balaban J connectivity index is 1.73. The van der Waals surface area contributed by atoms with Crippen LogP contribution in [0.25, 0.3) is 0 Å². The maximum atomic E-state index is 12.0. The summed E-state index contributed by atoms with van der Waals surface area (Å²) in [6.45, 7) is 6.56. The fraction of sp³-hybridized carbons (Fsp3) is 0.316. The Morgan fingerprint density at radius 1 is 1.08 bits per heavy atom. The summed E-state index contributed by atoms with van der Waals surface area (Å²) in [6, 6.07) is 12.9. The smallest absolute Gasteiger partial charge is 0.260 e. The highest BCUT2D eigenvalue weighted by molar-refractivity contribution is 6.30. The number of carbonyl (C=O) groups excluding carboxylic acids is 1. The summed E-state index contributed by atoms with van der Waals surface area (Å²) in [5.74, 6) is 1.24. The van der Waals surface area contributed by atoms with Gasteiger partial charge in [0.15, 0.2) is 6.10 Å². The highest BCUT2D eigenvalue weighted by Crippen LogP contribution is 2.18. The molecule has 0 radical (unpaired) electrons. The van der Waals surface area contributed by atoms with Crippen LogP contribution in [-0.2, 0) is 4.79 Å². The molecule has 0 saturated carbocycles. The van der Waals surface area contributed by atoms with Gasteiger partial charge in [-0.15, -0.1) is 0 Å². The predicted molar refractivity (Wildman–Crippen MR) is 96.0 cm³/mol. The monoisotopic (exact) mass is 347 g/mol. The summed E-state index contributed by atoms with van der Waals surface area (Å²) in [7, 11) is 0. The molecule has 128 valence electrons. The van der Waals surface area contributed by atoms with Gasteiger partial charge in [-0.05, 0) is 68.3 Å². The third-order valence-corrected chi connectivity index (χ3v) is 3.90. The molecular formula is C19H22ClNO3. The first kappa shape index (κ1) is 18.1. The van der Waals surface area contributed by atoms with Gasteiger partial charge >= 0.3 is 0 Å². The maximum absolute atomic E-state index is 12.0. The molecule has 0 aromatic heterocycles. The molecule has 0 unspecified atom stereocenters. The fourth-order valence-corrected chi connectivity index (χ4v) is 2.19. The molecule has 0 bridgehead atoms. The minimum atomic E-state index is -0.567. The molecule has 5 heteroatoms. The van der Waals surface area contributed by atoms with E-state index < -0.39 is 6.10 Å². The van der Waals surface area contributed by atoms with Crippen molar-refractivity contribution in [2.75, 3.05) is 13.2 Å². The predicted octanol–water partition coefficient (Wildman–Crippen LogP) is 3.92. The zero-order valence-corrected chi connectivity index (χ0v) is 14.9. The van der Waals surface area contributed by atoms with Gasteiger partial charge in [-0.3, -0.25) is 4.79 Å². The number of nitrogens with one attached hydrogen (secondary N) is 1. The third-order valence-electron chi connectivity index (χ3n) is 3.64. The average Bonchev–Trinajstić information content (AvgIpc) is 2.56. The quantitative estimate of drug-likeness (QED) is 0.772. The van der Waals surface area contributed by atoms with Crippen LogP contribution in [0.1, 0.15) is 18.1 Å². The molecule has 2 aromatic carbocycles. The first-order chi connectivity index (χ1) is 11.5. The normalized spacial score (nSPS) is 11.7. The van der Waals surface area contributed by atoms with Gasteiger partial charge < -0.3 is 14.8 Å². The summed E-state index contributed by atoms with van der Waals surface area (Å²) in [5, 5.41) is 3.46. The molecule has 0 aliphatic heterocycles. The molecule has 24 heavy (non-hydrogen) atoms. The lowest BCUT2D eigenvalue weighted by Crippen LogP contribution is -2.38. The SMILES string of the molecule is Cc1ccc(O[C@@H](C)C(=O)NCCOc2ccc(Cl)cc2)cc1C. The van der Waals surface area contributed by atoms with E-state index in [-0.39, 0.29) is 5.91 Å². The first-order valence-corrected chi connectivity index (χ1v) is 8.23. The second kappa shape index (κ2) is 8.60. The second-order valence-corrected chi connectivity index (χ2v) is 6.04. The number of ether oxygens (including phenoxy) is 2. The van der Waals surface area contributed by atoms with E-state index in [1.165, 1.54) is 5.56 Å². The van der Waals surface area contributed by atoms with E-state index in [4.69, 9.17) is 21.1 Å². The van der Waals surface area contributed by atoms with Crippen molar-refractivity contribution in [3.63, 3.8) is 0 Å². The molecule has 0 spiro atoms. The largest absolute Gasteiger partial charge is 0.492 e. The van der Waals surface area contributed by atoms with Crippen molar-refractivity contribution in [3.8, 4) is 11.5 Å². The van der Waals surface area contributed by atoms with Gasteiger partial charge in [0.25, 0.3) is 5.91 Å². The van der Waals surface area contributed by atoms with Gasteiger partial charge in [0.2, 0.25) is 0 Å². The lowest BCUT2D eigenvalue weighted by atomic mass is 10.1. The van der Waals surface area contributed by atoms with Crippen LogP contribution in [0.4, 0.5) is 0 Å². The summed E-state index contributed by atoms with van der Waals surface area (Å²) in [6.07, 6.45) is -0.567. The molecule has 4 nitrogen and oxygen atoms in total. The molecule has 0 fully saturated rings. The molecule has 2 rings (SSSR count). The number of hydrogen-bond donors (Lipinski definition) is 1. The number of hydrogen-bond acceptors (Lipinski definition) is 3. The van der Waals surface area contributed by atoms with Gasteiger partial charge in [0.05, 0.1) is 6.54 Å². The zero-order valence-electron chi connectivity index (χ0n) is 14.1. The Hall–Kier alpha value is -2.20. The van der Waals surface area contributed by atoms with E-state index in [2.05, 4.69) is 5.32 Å². The highest BCUT2D eigenvalue weighted by Gasteiger charge is 2.14. The number of carbonyl (C=O) groups is 1. The number of amides is 1. The van der Waals surface area contributed by atoms with Crippen molar-refractivity contribution >= 4 is 17.5 Å². The Morgan fingerprint density at radius 2 is 1.75 bits per heavy atom. The van der Waals surface area contributed by atoms with E-state index >= 15 is 0 Å². The summed E-state index contributed by atoms with van der Waals surface area (Å²) in [4.78, 5) is 12.0. The Bertz CT molecular complexity index is 686. The van der Waals surface area contributed by atoms with E-state index in [1.807, 2.05) is 32.0 Å². The van der Waals surface area contributed by atoms with Gasteiger partial charge in [-0.2, -0.15) is 0 Å². The molecule has 1 amide bonds. The van der Waals surface area contributed by atoms with Gasteiger partial charge in [-0.1, -0.05) is 17.7 Å². The van der Waals surface area contributed by atoms with Crippen LogP contribution in [0.2, 0.25) is 5.02 Å². The fourth-order valence-electron chi connectivity index (χ4n) is 2.06. The van der Waals surface area contributed by atoms with Crippen LogP contribution < -0.4 is 14.8 Å². The van der Waals surface area contributed by atoms with E-state index in [9.17, 15) is 4.79 Å². The highest BCUT2D eigenvalue weighted by atomic mass is 35.5. The van der Waals surface area contributed by atoms with Gasteiger partial charge in [0, 0.05) is 5.02 Å². The zero-order chi connectivity index (χ0) is 17.5. The molecule has 0 saturated heterocycles. The van der Waals surface area contributed by atoms with Crippen molar-refractivity contribution in [3.05, 3.63) is 58.6 Å². The van der Waals surface area contributed by atoms with E-state index in [0.29, 0.717) is 29.7 Å². The van der Waals surface area contributed by atoms with Crippen LogP contribution in [0, 0.1) is 13.8 Å².